The van der Waals surface area contributed by atoms with Crippen molar-refractivity contribution < 1.29 is 14.3 Å². The summed E-state index contributed by atoms with van der Waals surface area (Å²) < 4.78 is 5.96. The zero-order chi connectivity index (χ0) is 9.42. The van der Waals surface area contributed by atoms with Gasteiger partial charge in [-0.1, -0.05) is 15.9 Å². The lowest BCUT2D eigenvalue weighted by Gasteiger charge is -1.87. The number of halogens is 2. The minimum atomic E-state index is -1.05. The molecular weight excluding hydrogens is 271 g/mol. The van der Waals surface area contributed by atoms with E-state index >= 15 is 0 Å². The number of carbonyl (C=O) groups is 1. The normalized spacial score (nSPS) is 9.79. The third kappa shape index (κ3) is 1.91. The fourth-order valence-corrected chi connectivity index (χ4v) is 1.50. The highest BCUT2D eigenvalue weighted by Crippen LogP contribution is 2.23. The molecule has 1 heterocycles. The highest BCUT2D eigenvalue weighted by molar-refractivity contribution is 9.10. The molecule has 2 aromatic rings. The van der Waals surface area contributed by atoms with Crippen LogP contribution in [0.2, 0.25) is 0 Å². The SMILES string of the molecule is Cl.O=C(O)c1cc2cc(Br)ccc2o1. The number of fused-ring (bicyclic) bond motifs is 1. The van der Waals surface area contributed by atoms with Gasteiger partial charge in [0.2, 0.25) is 5.76 Å². The van der Waals surface area contributed by atoms with E-state index in [4.69, 9.17) is 9.52 Å². The Hall–Kier alpha value is -1.00. The summed E-state index contributed by atoms with van der Waals surface area (Å²) in [7, 11) is 0. The molecule has 0 aliphatic carbocycles. The van der Waals surface area contributed by atoms with E-state index < -0.39 is 5.97 Å². The van der Waals surface area contributed by atoms with Crippen LogP contribution in [0.5, 0.6) is 0 Å². The first-order chi connectivity index (χ1) is 6.16. The maximum Gasteiger partial charge on any atom is 0.371 e. The standard InChI is InChI=1S/C9H5BrO3.ClH/c10-6-1-2-7-5(3-6)4-8(13-7)9(11)12;/h1-4H,(H,11,12);1H. The van der Waals surface area contributed by atoms with Gasteiger partial charge < -0.3 is 9.52 Å². The summed E-state index contributed by atoms with van der Waals surface area (Å²) in [4.78, 5) is 10.6. The van der Waals surface area contributed by atoms with Gasteiger partial charge in [0, 0.05) is 9.86 Å². The van der Waals surface area contributed by atoms with E-state index in [9.17, 15) is 4.79 Å². The van der Waals surface area contributed by atoms with Crippen LogP contribution < -0.4 is 0 Å². The molecule has 0 bridgehead atoms. The Morgan fingerprint density at radius 3 is 2.71 bits per heavy atom. The first-order valence-electron chi connectivity index (χ1n) is 3.59. The van der Waals surface area contributed by atoms with Crippen molar-refractivity contribution in [1.29, 1.82) is 0 Å². The van der Waals surface area contributed by atoms with E-state index in [2.05, 4.69) is 15.9 Å². The molecule has 0 fully saturated rings. The third-order valence-corrected chi connectivity index (χ3v) is 2.18. The lowest BCUT2D eigenvalue weighted by atomic mass is 10.2. The second-order valence-electron chi connectivity index (χ2n) is 2.60. The average molecular weight is 278 g/mol. The highest BCUT2D eigenvalue weighted by Gasteiger charge is 2.09. The number of rotatable bonds is 1. The van der Waals surface area contributed by atoms with Crippen LogP contribution in [0, 0.1) is 0 Å². The van der Waals surface area contributed by atoms with E-state index in [0.29, 0.717) is 5.58 Å². The van der Waals surface area contributed by atoms with E-state index in [-0.39, 0.29) is 18.2 Å². The lowest BCUT2D eigenvalue weighted by Crippen LogP contribution is -1.91. The molecule has 0 saturated carbocycles. The second-order valence-corrected chi connectivity index (χ2v) is 3.51. The minimum absolute atomic E-state index is 0. The summed E-state index contributed by atoms with van der Waals surface area (Å²) >= 11 is 3.29. The van der Waals surface area contributed by atoms with Crippen molar-refractivity contribution in [2.24, 2.45) is 0 Å². The Morgan fingerprint density at radius 2 is 2.07 bits per heavy atom. The van der Waals surface area contributed by atoms with Gasteiger partial charge in [-0.3, -0.25) is 0 Å². The Kier molecular flexibility index (Phi) is 3.18. The molecule has 0 amide bonds. The molecule has 1 aromatic heterocycles. The van der Waals surface area contributed by atoms with Gasteiger partial charge in [0.25, 0.3) is 0 Å². The Balaban J connectivity index is 0.000000980. The van der Waals surface area contributed by atoms with Crippen LogP contribution in [-0.2, 0) is 0 Å². The molecule has 5 heteroatoms. The predicted molar refractivity (Wildman–Crippen MR) is 58.1 cm³/mol. The van der Waals surface area contributed by atoms with E-state index in [1.165, 1.54) is 6.07 Å². The summed E-state index contributed by atoms with van der Waals surface area (Å²) in [6, 6.07) is 6.84. The van der Waals surface area contributed by atoms with Crippen molar-refractivity contribution in [3.63, 3.8) is 0 Å². The maximum atomic E-state index is 10.6. The molecule has 1 N–H and O–H groups in total. The molecule has 0 spiro atoms. The molecular formula is C9H6BrClO3. The molecule has 0 saturated heterocycles. The van der Waals surface area contributed by atoms with Gasteiger partial charge >= 0.3 is 5.97 Å². The smallest absolute Gasteiger partial charge is 0.371 e. The highest BCUT2D eigenvalue weighted by atomic mass is 79.9. The van der Waals surface area contributed by atoms with Gasteiger partial charge in [0.1, 0.15) is 5.58 Å². The zero-order valence-electron chi connectivity index (χ0n) is 6.86. The number of furan rings is 1. The van der Waals surface area contributed by atoms with Crippen molar-refractivity contribution in [3.8, 4) is 0 Å². The molecule has 1 aromatic carbocycles. The first kappa shape index (κ1) is 11.1. The van der Waals surface area contributed by atoms with Gasteiger partial charge in [-0.05, 0) is 24.3 Å². The summed E-state index contributed by atoms with van der Waals surface area (Å²) in [6.45, 7) is 0. The van der Waals surface area contributed by atoms with E-state index in [1.807, 2.05) is 6.07 Å². The number of carboxylic acids is 1. The molecule has 2 rings (SSSR count). The number of aromatic carboxylic acids is 1. The lowest BCUT2D eigenvalue weighted by molar-refractivity contribution is 0.0665. The van der Waals surface area contributed by atoms with Crippen molar-refractivity contribution in [2.45, 2.75) is 0 Å². The van der Waals surface area contributed by atoms with Crippen LogP contribution in [0.1, 0.15) is 10.6 Å². The van der Waals surface area contributed by atoms with Crippen molar-refractivity contribution in [3.05, 3.63) is 34.5 Å². The van der Waals surface area contributed by atoms with Gasteiger partial charge in [-0.2, -0.15) is 0 Å². The summed E-state index contributed by atoms with van der Waals surface area (Å²) in [5, 5.41) is 9.43. The van der Waals surface area contributed by atoms with Gasteiger partial charge in [-0.25, -0.2) is 4.79 Å². The van der Waals surface area contributed by atoms with Gasteiger partial charge in [0.05, 0.1) is 0 Å². The largest absolute Gasteiger partial charge is 0.475 e. The van der Waals surface area contributed by atoms with Crippen LogP contribution in [0.3, 0.4) is 0 Å². The second kappa shape index (κ2) is 4.02. The molecule has 74 valence electrons. The average Bonchev–Trinajstić information content (AvgIpc) is 2.46. The topological polar surface area (TPSA) is 50.4 Å². The maximum absolute atomic E-state index is 10.6. The third-order valence-electron chi connectivity index (χ3n) is 1.69. The number of hydrogen-bond donors (Lipinski definition) is 1. The zero-order valence-corrected chi connectivity index (χ0v) is 9.26. The first-order valence-corrected chi connectivity index (χ1v) is 4.38. The Morgan fingerprint density at radius 1 is 1.36 bits per heavy atom. The molecule has 0 radical (unpaired) electrons. The monoisotopic (exact) mass is 276 g/mol. The molecule has 3 nitrogen and oxygen atoms in total. The van der Waals surface area contributed by atoms with Crippen LogP contribution in [-0.4, -0.2) is 11.1 Å². The molecule has 0 atom stereocenters. The minimum Gasteiger partial charge on any atom is -0.475 e. The van der Waals surface area contributed by atoms with Crippen molar-refractivity contribution >= 4 is 45.3 Å². The van der Waals surface area contributed by atoms with E-state index in [1.54, 1.807) is 12.1 Å². The summed E-state index contributed by atoms with van der Waals surface area (Å²) in [5.74, 6) is -1.08. The van der Waals surface area contributed by atoms with Crippen molar-refractivity contribution in [2.75, 3.05) is 0 Å². The number of benzene rings is 1. The molecule has 0 aliphatic rings. The fraction of sp³-hybridized carbons (Fsp3) is 0. The number of carboxylic acid groups (broad SMARTS) is 1. The van der Waals surface area contributed by atoms with Crippen LogP contribution in [0.25, 0.3) is 11.0 Å². The van der Waals surface area contributed by atoms with Crippen LogP contribution >= 0.6 is 28.3 Å². The predicted octanol–water partition coefficient (Wildman–Crippen LogP) is 3.32. The van der Waals surface area contributed by atoms with Gasteiger partial charge in [-0.15, -0.1) is 12.4 Å². The number of hydrogen-bond acceptors (Lipinski definition) is 2. The fourth-order valence-electron chi connectivity index (χ4n) is 1.12. The van der Waals surface area contributed by atoms with Crippen LogP contribution in [0.4, 0.5) is 0 Å². The Labute approximate surface area is 94.2 Å². The summed E-state index contributed by atoms with van der Waals surface area (Å²) in [6.07, 6.45) is 0. The molecule has 0 aliphatic heterocycles. The quantitative estimate of drug-likeness (QED) is 0.870. The van der Waals surface area contributed by atoms with Gasteiger partial charge in [0.15, 0.2) is 0 Å². The Bertz CT molecular complexity index is 478. The molecule has 14 heavy (non-hydrogen) atoms. The summed E-state index contributed by atoms with van der Waals surface area (Å²) in [5.41, 5.74) is 0.584. The van der Waals surface area contributed by atoms with E-state index in [0.717, 1.165) is 9.86 Å². The van der Waals surface area contributed by atoms with Crippen molar-refractivity contribution in [1.82, 2.24) is 0 Å². The van der Waals surface area contributed by atoms with Crippen LogP contribution in [0.15, 0.2) is 33.2 Å². The molecule has 0 unspecified atom stereocenters.